The van der Waals surface area contributed by atoms with Crippen molar-refractivity contribution in [1.82, 2.24) is 0 Å². The van der Waals surface area contributed by atoms with Gasteiger partial charge in [-0.1, -0.05) is 31.5 Å². The molecule has 0 fully saturated rings. The zero-order chi connectivity index (χ0) is 12.3. The predicted octanol–water partition coefficient (Wildman–Crippen LogP) is 3.94. The molecule has 0 N–H and O–H groups in total. The van der Waals surface area contributed by atoms with E-state index < -0.39 is 0 Å². The Balaban J connectivity index is 2.91. The van der Waals surface area contributed by atoms with Gasteiger partial charge in [0.05, 0.1) is 5.75 Å². The van der Waals surface area contributed by atoms with Gasteiger partial charge in [0.1, 0.15) is 0 Å². The summed E-state index contributed by atoms with van der Waals surface area (Å²) < 4.78 is 0. The van der Waals surface area contributed by atoms with E-state index in [1.165, 1.54) is 5.56 Å². The van der Waals surface area contributed by atoms with E-state index in [9.17, 15) is 4.79 Å². The van der Waals surface area contributed by atoms with Crippen molar-refractivity contribution in [2.45, 2.75) is 39.9 Å². The first kappa shape index (κ1) is 13.3. The van der Waals surface area contributed by atoms with Crippen LogP contribution in [0, 0.1) is 20.8 Å². The van der Waals surface area contributed by atoms with Gasteiger partial charge in [0.25, 0.3) is 0 Å². The van der Waals surface area contributed by atoms with Gasteiger partial charge in [0, 0.05) is 5.56 Å². The summed E-state index contributed by atoms with van der Waals surface area (Å²) in [4.78, 5) is 12.1. The SMILES string of the molecule is Cc1cc(C)c(C(=O)CSC(C)C)c(C)c1. The van der Waals surface area contributed by atoms with E-state index in [1.807, 2.05) is 13.8 Å². The van der Waals surface area contributed by atoms with Gasteiger partial charge in [-0.05, 0) is 37.1 Å². The number of hydrogen-bond donors (Lipinski definition) is 0. The molecule has 1 aromatic carbocycles. The van der Waals surface area contributed by atoms with Gasteiger partial charge in [-0.2, -0.15) is 11.8 Å². The number of ketones is 1. The number of carbonyl (C=O) groups is 1. The van der Waals surface area contributed by atoms with E-state index in [1.54, 1.807) is 11.8 Å². The van der Waals surface area contributed by atoms with Crippen molar-refractivity contribution in [2.24, 2.45) is 0 Å². The Morgan fingerprint density at radius 1 is 1.19 bits per heavy atom. The Kier molecular flexibility index (Phi) is 4.60. The number of rotatable bonds is 4. The largest absolute Gasteiger partial charge is 0.293 e. The maximum atomic E-state index is 12.1. The third kappa shape index (κ3) is 3.38. The van der Waals surface area contributed by atoms with Crippen molar-refractivity contribution in [3.63, 3.8) is 0 Å². The fourth-order valence-electron chi connectivity index (χ4n) is 1.93. The van der Waals surface area contributed by atoms with Crippen LogP contribution in [-0.4, -0.2) is 16.8 Å². The third-order valence-electron chi connectivity index (χ3n) is 2.50. The monoisotopic (exact) mass is 236 g/mol. The molecule has 0 aromatic heterocycles. The zero-order valence-corrected chi connectivity index (χ0v) is 11.6. The molecule has 0 spiro atoms. The molecule has 1 nitrogen and oxygen atoms in total. The fourth-order valence-corrected chi connectivity index (χ4v) is 2.56. The topological polar surface area (TPSA) is 17.1 Å². The van der Waals surface area contributed by atoms with Crippen LogP contribution in [0.3, 0.4) is 0 Å². The highest BCUT2D eigenvalue weighted by Crippen LogP contribution is 2.20. The maximum Gasteiger partial charge on any atom is 0.173 e. The molecule has 1 rings (SSSR count). The smallest absolute Gasteiger partial charge is 0.173 e. The van der Waals surface area contributed by atoms with Crippen molar-refractivity contribution < 1.29 is 4.79 Å². The zero-order valence-electron chi connectivity index (χ0n) is 10.8. The molecule has 0 aliphatic carbocycles. The first-order valence-corrected chi connectivity index (χ1v) is 6.69. The molecule has 2 heteroatoms. The molecule has 0 saturated heterocycles. The summed E-state index contributed by atoms with van der Waals surface area (Å²) in [6.45, 7) is 10.3. The molecule has 0 atom stereocenters. The van der Waals surface area contributed by atoms with Gasteiger partial charge in [-0.3, -0.25) is 4.79 Å². The van der Waals surface area contributed by atoms with E-state index in [-0.39, 0.29) is 5.78 Å². The van der Waals surface area contributed by atoms with Crippen LogP contribution in [0.25, 0.3) is 0 Å². The standard InChI is InChI=1S/C14H20OS/c1-9(2)16-8-13(15)14-11(4)6-10(3)7-12(14)5/h6-7,9H,8H2,1-5H3. The molecule has 0 heterocycles. The molecular formula is C14H20OS. The average molecular weight is 236 g/mol. The predicted molar refractivity (Wildman–Crippen MR) is 72.6 cm³/mol. The first-order valence-electron chi connectivity index (χ1n) is 5.64. The minimum atomic E-state index is 0.258. The number of thioether (sulfide) groups is 1. The third-order valence-corrected chi connectivity index (χ3v) is 3.60. The van der Waals surface area contributed by atoms with Crippen LogP contribution in [0.4, 0.5) is 0 Å². The van der Waals surface area contributed by atoms with Gasteiger partial charge in [-0.15, -0.1) is 0 Å². The quantitative estimate of drug-likeness (QED) is 0.737. The van der Waals surface area contributed by atoms with Crippen molar-refractivity contribution in [3.8, 4) is 0 Å². The van der Waals surface area contributed by atoms with E-state index in [0.29, 0.717) is 11.0 Å². The summed E-state index contributed by atoms with van der Waals surface area (Å²) >= 11 is 1.71. The Morgan fingerprint density at radius 3 is 2.12 bits per heavy atom. The van der Waals surface area contributed by atoms with Gasteiger partial charge < -0.3 is 0 Å². The lowest BCUT2D eigenvalue weighted by molar-refractivity contribution is 0.102. The number of carbonyl (C=O) groups excluding carboxylic acids is 1. The Labute approximate surface area is 103 Å². The summed E-state index contributed by atoms with van der Waals surface area (Å²) in [6, 6.07) is 4.17. The van der Waals surface area contributed by atoms with Crippen LogP contribution in [0.15, 0.2) is 12.1 Å². The molecule has 16 heavy (non-hydrogen) atoms. The van der Waals surface area contributed by atoms with Gasteiger partial charge in [-0.25, -0.2) is 0 Å². The molecule has 0 bridgehead atoms. The van der Waals surface area contributed by atoms with Crippen molar-refractivity contribution in [1.29, 1.82) is 0 Å². The van der Waals surface area contributed by atoms with Crippen molar-refractivity contribution in [3.05, 3.63) is 34.4 Å². The van der Waals surface area contributed by atoms with E-state index in [2.05, 4.69) is 32.9 Å². The number of hydrogen-bond acceptors (Lipinski definition) is 2. The molecule has 88 valence electrons. The van der Waals surface area contributed by atoms with E-state index in [4.69, 9.17) is 0 Å². The van der Waals surface area contributed by atoms with Crippen LogP contribution in [-0.2, 0) is 0 Å². The number of aryl methyl sites for hydroxylation is 3. The highest BCUT2D eigenvalue weighted by atomic mass is 32.2. The summed E-state index contributed by atoms with van der Waals surface area (Å²) in [5.41, 5.74) is 4.35. The lowest BCUT2D eigenvalue weighted by atomic mass is 9.97. The van der Waals surface area contributed by atoms with Crippen LogP contribution < -0.4 is 0 Å². The normalized spacial score (nSPS) is 10.9. The van der Waals surface area contributed by atoms with Crippen LogP contribution in [0.2, 0.25) is 0 Å². The van der Waals surface area contributed by atoms with E-state index in [0.717, 1.165) is 16.7 Å². The summed E-state index contributed by atoms with van der Waals surface area (Å²) in [7, 11) is 0. The second-order valence-corrected chi connectivity index (χ2v) is 6.12. The van der Waals surface area contributed by atoms with Gasteiger partial charge in [0.2, 0.25) is 0 Å². The second kappa shape index (κ2) is 5.53. The Morgan fingerprint density at radius 2 is 1.69 bits per heavy atom. The minimum Gasteiger partial charge on any atom is -0.293 e. The molecule has 0 aliphatic heterocycles. The Hall–Kier alpha value is -0.760. The lowest BCUT2D eigenvalue weighted by Gasteiger charge is -2.11. The van der Waals surface area contributed by atoms with Crippen molar-refractivity contribution in [2.75, 3.05) is 5.75 Å². The highest BCUT2D eigenvalue weighted by Gasteiger charge is 2.13. The maximum absolute atomic E-state index is 12.1. The highest BCUT2D eigenvalue weighted by molar-refractivity contribution is 8.00. The van der Waals surface area contributed by atoms with Crippen LogP contribution in [0.1, 0.15) is 40.9 Å². The van der Waals surface area contributed by atoms with Crippen LogP contribution >= 0.6 is 11.8 Å². The van der Waals surface area contributed by atoms with Gasteiger partial charge >= 0.3 is 0 Å². The lowest BCUT2D eigenvalue weighted by Crippen LogP contribution is -2.09. The second-order valence-electron chi connectivity index (χ2n) is 4.56. The summed E-state index contributed by atoms with van der Waals surface area (Å²) in [5.74, 6) is 0.844. The molecular weight excluding hydrogens is 216 g/mol. The number of benzene rings is 1. The summed E-state index contributed by atoms with van der Waals surface area (Å²) in [5, 5.41) is 0.509. The molecule has 0 radical (unpaired) electrons. The minimum absolute atomic E-state index is 0.258. The molecule has 0 amide bonds. The first-order chi connectivity index (χ1) is 7.41. The average Bonchev–Trinajstić information content (AvgIpc) is 2.12. The van der Waals surface area contributed by atoms with Crippen molar-refractivity contribution >= 4 is 17.5 Å². The van der Waals surface area contributed by atoms with E-state index >= 15 is 0 Å². The molecule has 1 aromatic rings. The summed E-state index contributed by atoms with van der Waals surface area (Å²) in [6.07, 6.45) is 0. The van der Waals surface area contributed by atoms with Gasteiger partial charge in [0.15, 0.2) is 5.78 Å². The number of Topliss-reactive ketones (excluding diaryl/α,β-unsaturated/α-hetero) is 1. The fraction of sp³-hybridized carbons (Fsp3) is 0.500. The van der Waals surface area contributed by atoms with Crippen LogP contribution in [0.5, 0.6) is 0 Å². The molecule has 0 aliphatic rings. The Bertz CT molecular complexity index is 371. The molecule has 0 unspecified atom stereocenters. The molecule has 0 saturated carbocycles.